The van der Waals surface area contributed by atoms with Crippen LogP contribution in [0.2, 0.25) is 0 Å². The molecule has 0 atom stereocenters. The van der Waals surface area contributed by atoms with E-state index in [9.17, 15) is 0 Å². The van der Waals surface area contributed by atoms with Gasteiger partial charge in [0.25, 0.3) is 0 Å². The van der Waals surface area contributed by atoms with Gasteiger partial charge in [-0.2, -0.15) is 0 Å². The van der Waals surface area contributed by atoms with Gasteiger partial charge in [-0.05, 0) is 652 Å². The molecule has 10 aliphatic carbocycles. The lowest BCUT2D eigenvalue weighted by Crippen LogP contribution is -2.39. The van der Waals surface area contributed by atoms with Crippen LogP contribution >= 0.6 is 0 Å². The van der Waals surface area contributed by atoms with Crippen LogP contribution in [0.1, 0.15) is 122 Å². The lowest BCUT2D eigenvalue weighted by molar-refractivity contribution is -0.168. The highest BCUT2D eigenvalue weighted by Crippen LogP contribution is 3.01. The molecule has 11 aliphatic rings. The molecule has 8 heteroatoms. The van der Waals surface area contributed by atoms with Gasteiger partial charge < -0.3 is 18.9 Å². The summed E-state index contributed by atoms with van der Waals surface area (Å²) in [5.41, 5.74) is 1.76. The molecule has 0 radical (unpaired) electrons. The van der Waals surface area contributed by atoms with Crippen molar-refractivity contribution >= 4 is 606 Å². The Labute approximate surface area is 818 Å². The van der Waals surface area contributed by atoms with Gasteiger partial charge >= 0.3 is 23.9 Å². The van der Waals surface area contributed by atoms with E-state index in [1.165, 1.54) is 518 Å². The predicted molar refractivity (Wildman–Crippen MR) is 612 cm³/mol. The zero-order valence-corrected chi connectivity index (χ0v) is 77.6. The molecule has 0 amide bonds. The average molecular weight is 1870 g/mol. The van der Waals surface area contributed by atoms with Gasteiger partial charge in [-0.25, -0.2) is 0 Å². The molecule has 56 aromatic carbocycles. The van der Waals surface area contributed by atoms with Crippen molar-refractivity contribution in [2.45, 2.75) is 98.7 Å². The number of benzene rings is 36. The zero-order chi connectivity index (χ0) is 90.4. The molecule has 0 aromatic heterocycles. The summed E-state index contributed by atoms with van der Waals surface area (Å²) in [6.45, 7) is 0.732. The van der Waals surface area contributed by atoms with Crippen molar-refractivity contribution in [2.75, 3.05) is 26.4 Å². The fraction of sp³-hybridized carbons (Fsp3) is 0.155. The van der Waals surface area contributed by atoms with Gasteiger partial charge in [0.05, 0.1) is 48.1 Å². The zero-order valence-electron chi connectivity index (χ0n) is 77.6. The van der Waals surface area contributed by atoms with Gasteiger partial charge in [0.1, 0.15) is 0 Å². The van der Waals surface area contributed by atoms with Crippen molar-refractivity contribution in [3.05, 3.63) is 44.5 Å². The smallest absolute Gasteiger partial charge is 0.326 e. The summed E-state index contributed by atoms with van der Waals surface area (Å²) in [5, 5.41) is 159. The van der Waals surface area contributed by atoms with E-state index in [1.807, 2.05) is 0 Å². The number of hydrogen-bond acceptors (Lipinski definition) is 8. The van der Waals surface area contributed by atoms with E-state index in [4.69, 9.17) is 18.9 Å². The van der Waals surface area contributed by atoms with Gasteiger partial charge in [-0.1, -0.05) is 51.4 Å². The maximum Gasteiger partial charge on any atom is 0.326 e. The number of hydrogen-bond donors (Lipinski definition) is 0. The molecule has 0 N–H and O–H groups in total. The van der Waals surface area contributed by atoms with Crippen molar-refractivity contribution in [1.29, 1.82) is 0 Å². The summed E-state index contributed by atoms with van der Waals surface area (Å²) < 4.78 is 30.3. The SMILES string of the molecule is O=C1OCCCCCCCCOC(=O)C2(C(=O)OCCCCCCCCOC(=O)C13C14c5c6c7c8c9c%10c(c%11c%12c1c1c5c5c%13c6c6c7c7c9c9c%14c%10c%10c%11c%11c%12c%12c1c1c5c5c%13c%13c6c6c7c9c7c9c%14c%10c%10c%11c%11c%12c1c1c5c5c%13c6c7c6c9c%10c%11c1c56)C834)C13c4c5c6c7c8c9c(c%10c%11c1c1c4c4c%12c5c5c6c6c8c8c%13c9c9c%10c%10c%11c%11c1c1c4c4c%12c%12c5c5c6c8c6c8c%13c9c9c%10c%10c%11c1c1c4c4c%12c5c6c5c8c9c%10c1c45)C723. The Balaban J connectivity index is 0.402. The van der Waals surface area contributed by atoms with Gasteiger partial charge in [-0.3, -0.25) is 19.2 Å². The molecule has 1 saturated heterocycles. The maximum absolute atomic E-state index is 18.5. The number of cyclic esters (lactones) is 4. The third-order valence-electron chi connectivity index (χ3n) is 54.0. The van der Waals surface area contributed by atoms with Crippen LogP contribution in [0.3, 0.4) is 0 Å². The van der Waals surface area contributed by atoms with Gasteiger partial charge in [0.15, 0.2) is 10.8 Å². The number of carbonyl (C=O) groups excluding carboxylic acids is 4. The van der Waals surface area contributed by atoms with Crippen molar-refractivity contribution in [2.24, 2.45) is 10.8 Å². The molecular weight excluding hydrogens is 1830 g/mol. The molecular formula is C142H32O8. The first-order valence-electron chi connectivity index (χ1n) is 56.8. The monoisotopic (exact) mass is 1860 g/mol. The summed E-state index contributed by atoms with van der Waals surface area (Å²) in [6.07, 6.45) is 9.33. The van der Waals surface area contributed by atoms with Crippen molar-refractivity contribution in [1.82, 2.24) is 0 Å². The van der Waals surface area contributed by atoms with E-state index >= 15 is 19.2 Å². The molecule has 0 bridgehead atoms. The molecule has 6 spiro atoms. The van der Waals surface area contributed by atoms with E-state index in [0.29, 0.717) is 25.7 Å². The highest BCUT2D eigenvalue weighted by molar-refractivity contribution is 6.88. The summed E-state index contributed by atoms with van der Waals surface area (Å²) in [7, 11) is 0. The Morgan fingerprint density at radius 3 is 0.233 bits per heavy atom. The molecule has 1 heterocycles. The van der Waals surface area contributed by atoms with Crippen LogP contribution in [0.4, 0.5) is 0 Å². The summed E-state index contributed by atoms with van der Waals surface area (Å²) in [5.74, 6) is -1.51. The fourth-order valence-corrected chi connectivity index (χ4v) is 53.4. The van der Waals surface area contributed by atoms with Crippen LogP contribution in [0.15, 0.2) is 0 Å². The summed E-state index contributed by atoms with van der Waals surface area (Å²) in [6, 6.07) is 0. The highest BCUT2D eigenvalue weighted by atomic mass is 16.6. The first kappa shape index (κ1) is 59.6. The molecule has 150 heavy (non-hydrogen) atoms. The highest BCUT2D eigenvalue weighted by Gasteiger charge is 3.04. The topological polar surface area (TPSA) is 105 Å². The second-order valence-electron chi connectivity index (χ2n) is 54.8. The quantitative estimate of drug-likeness (QED) is 0.0640. The standard InChI is InChI=1S/C142H32O8/c143-133-141(137-125-109-93-73-53-37-21-17-18-23-31-29(21)45-61-47(31)67-55-39(23)40-24(18)32-30-22(17)38(37)54-66-46(30)62-48(32)68-56(40)76-75(55)95-83(67)103-89(61)101(81(93)65(45)53)117(125)119(103)127-111(95)112-96(76)84(68)104-90(62)102-82(66)94(74(54)73)110(109)126(137)118(102)120(104)128(112)138(127,137)141)135(145)149-15-11-7-3-4-8-12-16-150-136(146)142(134(144)148-14-10-6-2-1-5-9-13-147-133)139-129-113-97-77-57-41-25-19-20-27-35-33(25)49-63-51(35)71-59-43(27)44-28(20)36-34-26(19)42(41)58-70-50(34)64-52(36)72-60(44)80-79(59)99-87(71)107-91(63)105(85(97)69(49)57)121(129)123(107)131-115(99)116-100(80)88(72)108-92(64)106-86(70)98(78(58)77)114(113)130(139)122(106)124(108)132(116)140(131,139)142/h1-16H2. The minimum absolute atomic E-state index is 0.183. The van der Waals surface area contributed by atoms with E-state index in [2.05, 4.69) is 0 Å². The molecule has 67 rings (SSSR count). The molecule has 0 unspecified atom stereocenters. The third-order valence-corrected chi connectivity index (χ3v) is 54.0. The number of rotatable bonds is 0. The summed E-state index contributed by atoms with van der Waals surface area (Å²) in [4.78, 5) is 74.0. The predicted octanol–water partition coefficient (Wildman–Crippen LogP) is 35.5. The van der Waals surface area contributed by atoms with E-state index in [0.717, 1.165) is 51.4 Å². The van der Waals surface area contributed by atoms with Crippen LogP contribution in [0, 0.1) is 10.8 Å². The normalized spacial score (nSPS) is 25.6. The molecule has 56 aromatic rings. The van der Waals surface area contributed by atoms with Crippen LogP contribution < -0.4 is 0 Å². The first-order valence-corrected chi connectivity index (χ1v) is 56.8. The van der Waals surface area contributed by atoms with Crippen molar-refractivity contribution in [3.63, 3.8) is 0 Å². The summed E-state index contributed by atoms with van der Waals surface area (Å²) >= 11 is 0. The Morgan fingerprint density at radius 1 is 0.0867 bits per heavy atom. The van der Waals surface area contributed by atoms with Gasteiger partial charge in [0.2, 0.25) is 0 Å². The largest absolute Gasteiger partial charge is 0.465 e. The molecule has 1 aliphatic heterocycles. The number of carbonyl (C=O) groups is 4. The lowest BCUT2D eigenvalue weighted by Gasteiger charge is -2.32. The van der Waals surface area contributed by atoms with Crippen molar-refractivity contribution in [3.8, 4) is 0 Å². The van der Waals surface area contributed by atoms with E-state index < -0.39 is 32.5 Å². The minimum Gasteiger partial charge on any atom is -0.465 e. The molecule has 2 saturated carbocycles. The van der Waals surface area contributed by atoms with Gasteiger partial charge in [0, 0.05) is 0 Å². The Hall–Kier alpha value is -17.2. The van der Waals surface area contributed by atoms with Crippen molar-refractivity contribution < 1.29 is 38.1 Å². The Kier molecular flexibility index (Phi) is 5.63. The maximum atomic E-state index is 18.5. The molecule has 3 fully saturated rings. The van der Waals surface area contributed by atoms with Crippen LogP contribution in [-0.2, 0) is 59.8 Å². The van der Waals surface area contributed by atoms with Gasteiger partial charge in [-0.15, -0.1) is 0 Å². The van der Waals surface area contributed by atoms with Crippen LogP contribution in [-0.4, -0.2) is 50.3 Å². The minimum atomic E-state index is -1.82. The number of esters is 4. The molecule has 648 valence electrons. The first-order chi connectivity index (χ1) is 74.6. The fourth-order valence-electron chi connectivity index (χ4n) is 53.4. The lowest BCUT2D eigenvalue weighted by atomic mass is 9.68. The third kappa shape index (κ3) is 3.35. The van der Waals surface area contributed by atoms with E-state index in [-0.39, 0.29) is 50.3 Å². The second-order valence-corrected chi connectivity index (χ2v) is 54.8. The molecule has 8 nitrogen and oxygen atoms in total. The van der Waals surface area contributed by atoms with E-state index in [1.54, 1.807) is 108 Å². The number of ether oxygens (including phenoxy) is 4. The average Bonchev–Trinajstić information content (AvgIpc) is 1.35. The Morgan fingerprint density at radius 2 is 0.153 bits per heavy atom. The second kappa shape index (κ2) is 14.2. The Bertz CT molecular complexity index is 14600. The van der Waals surface area contributed by atoms with Crippen LogP contribution in [0.5, 0.6) is 0 Å². The van der Waals surface area contributed by atoms with Crippen LogP contribution in [0.25, 0.3) is 582 Å².